The molecule has 33 heavy (non-hydrogen) atoms. The van der Waals surface area contributed by atoms with Crippen LogP contribution in [0.5, 0.6) is 0 Å². The lowest BCUT2D eigenvalue weighted by molar-refractivity contribution is -0.0407. The van der Waals surface area contributed by atoms with Crippen molar-refractivity contribution in [1.82, 2.24) is 9.88 Å². The summed E-state index contributed by atoms with van der Waals surface area (Å²) in [6.45, 7) is 11.5. The van der Waals surface area contributed by atoms with Gasteiger partial charge in [0.15, 0.2) is 0 Å². The minimum Gasteiger partial charge on any atom is -0.449 e. The number of nitrogens with zero attached hydrogens (tertiary/aromatic N) is 4. The van der Waals surface area contributed by atoms with E-state index in [0.29, 0.717) is 50.2 Å². The first-order chi connectivity index (χ1) is 15.8. The lowest BCUT2D eigenvalue weighted by Gasteiger charge is -2.44. The van der Waals surface area contributed by atoms with Gasteiger partial charge in [0.25, 0.3) is 0 Å². The molecule has 1 amide bonds. The van der Waals surface area contributed by atoms with E-state index < -0.39 is 0 Å². The summed E-state index contributed by atoms with van der Waals surface area (Å²) in [6, 6.07) is 2.52. The van der Waals surface area contributed by atoms with Crippen LogP contribution in [-0.2, 0) is 22.5 Å². The molecule has 5 rings (SSSR count). The first-order valence-electron chi connectivity index (χ1n) is 12.6. The fraction of sp³-hybridized carbons (Fsp3) is 0.731. The van der Waals surface area contributed by atoms with Crippen LogP contribution in [0, 0.1) is 23.2 Å². The fourth-order valence-corrected chi connectivity index (χ4v) is 5.18. The molecule has 1 atom stereocenters. The number of fused-ring (bicyclic) bond motifs is 1. The zero-order valence-corrected chi connectivity index (χ0v) is 20.4. The minimum atomic E-state index is -0.289. The summed E-state index contributed by atoms with van der Waals surface area (Å²) in [7, 11) is 0. The predicted molar refractivity (Wildman–Crippen MR) is 125 cm³/mol. The van der Waals surface area contributed by atoms with E-state index in [1.165, 1.54) is 12.8 Å². The van der Waals surface area contributed by atoms with Crippen LogP contribution in [-0.4, -0.2) is 53.9 Å². The van der Waals surface area contributed by atoms with Crippen molar-refractivity contribution in [3.8, 4) is 6.07 Å². The van der Waals surface area contributed by atoms with Crippen molar-refractivity contribution in [2.75, 3.05) is 31.1 Å². The Morgan fingerprint density at radius 3 is 2.64 bits per heavy atom. The Hall–Kier alpha value is -2.33. The van der Waals surface area contributed by atoms with Crippen LogP contribution in [0.25, 0.3) is 0 Å². The van der Waals surface area contributed by atoms with Gasteiger partial charge in [-0.15, -0.1) is 0 Å². The lowest BCUT2D eigenvalue weighted by atomic mass is 9.87. The average Bonchev–Trinajstić information content (AvgIpc) is 3.69. The molecular formula is C26H36N4O3. The van der Waals surface area contributed by atoms with Crippen molar-refractivity contribution in [3.63, 3.8) is 0 Å². The smallest absolute Gasteiger partial charge is 0.410 e. The van der Waals surface area contributed by atoms with Crippen LogP contribution in [0.2, 0.25) is 0 Å². The van der Waals surface area contributed by atoms with Crippen molar-refractivity contribution in [3.05, 3.63) is 22.4 Å². The third kappa shape index (κ3) is 4.55. The van der Waals surface area contributed by atoms with Crippen molar-refractivity contribution in [2.24, 2.45) is 11.8 Å². The maximum absolute atomic E-state index is 12.8. The normalized spacial score (nSPS) is 24.4. The predicted octanol–water partition coefficient (Wildman–Crippen LogP) is 4.38. The van der Waals surface area contributed by atoms with Crippen molar-refractivity contribution < 1.29 is 14.3 Å². The highest BCUT2D eigenvalue weighted by molar-refractivity contribution is 5.69. The topological polar surface area (TPSA) is 78.7 Å². The Kier molecular flexibility index (Phi) is 5.76. The average molecular weight is 453 g/mol. The van der Waals surface area contributed by atoms with Crippen LogP contribution < -0.4 is 4.90 Å². The molecular weight excluding hydrogens is 416 g/mol. The van der Waals surface area contributed by atoms with Gasteiger partial charge in [-0.25, -0.2) is 9.78 Å². The highest BCUT2D eigenvalue weighted by Gasteiger charge is 2.40. The van der Waals surface area contributed by atoms with E-state index in [1.54, 1.807) is 0 Å². The molecule has 0 N–H and O–H groups in total. The number of anilines is 1. The summed E-state index contributed by atoms with van der Waals surface area (Å²) in [5.41, 5.74) is 3.79. The van der Waals surface area contributed by atoms with E-state index in [-0.39, 0.29) is 23.7 Å². The molecule has 0 spiro atoms. The Balaban J connectivity index is 1.44. The molecule has 178 valence electrons. The first-order valence-corrected chi connectivity index (χ1v) is 12.6. The standard InChI is InChI=1S/C26H36N4O3/c1-16(2)22-13-29(9-10-30(22)25(31)32-14-17-5-6-17)24-20(12-27)19-11-26(3,4)33-15-21(19)23(28-24)18-7-8-18/h16-18,22H,5-11,13-15H2,1-4H3. The number of piperazine rings is 1. The second kappa shape index (κ2) is 8.47. The molecule has 1 aromatic heterocycles. The Labute approximate surface area is 197 Å². The van der Waals surface area contributed by atoms with E-state index in [2.05, 4.69) is 38.7 Å². The molecule has 3 fully saturated rings. The molecule has 1 unspecified atom stereocenters. The molecule has 1 aromatic rings. The number of hydrogen-bond donors (Lipinski definition) is 0. The van der Waals surface area contributed by atoms with Gasteiger partial charge in [0.1, 0.15) is 11.9 Å². The first kappa shape index (κ1) is 22.5. The van der Waals surface area contributed by atoms with E-state index in [9.17, 15) is 10.1 Å². The van der Waals surface area contributed by atoms with Gasteiger partial charge in [0.2, 0.25) is 0 Å². The third-order valence-electron chi connectivity index (χ3n) is 7.57. The second-order valence-electron chi connectivity index (χ2n) is 11.2. The highest BCUT2D eigenvalue weighted by atomic mass is 16.6. The minimum absolute atomic E-state index is 0.0268. The summed E-state index contributed by atoms with van der Waals surface area (Å²) < 4.78 is 11.7. The number of hydrogen-bond acceptors (Lipinski definition) is 6. The van der Waals surface area contributed by atoms with Gasteiger partial charge in [-0.2, -0.15) is 5.26 Å². The van der Waals surface area contributed by atoms with Gasteiger partial charge in [-0.3, -0.25) is 0 Å². The zero-order chi connectivity index (χ0) is 23.3. The largest absolute Gasteiger partial charge is 0.449 e. The number of carbonyl (C=O) groups excluding carboxylic acids is 1. The van der Waals surface area contributed by atoms with Crippen molar-refractivity contribution >= 4 is 11.9 Å². The summed E-state index contributed by atoms with van der Waals surface area (Å²) in [4.78, 5) is 22.1. The lowest BCUT2D eigenvalue weighted by Crippen LogP contribution is -2.57. The van der Waals surface area contributed by atoms with Crippen LogP contribution >= 0.6 is 0 Å². The summed E-state index contributed by atoms with van der Waals surface area (Å²) in [5, 5.41) is 10.2. The Morgan fingerprint density at radius 1 is 1.24 bits per heavy atom. The monoisotopic (exact) mass is 452 g/mol. The van der Waals surface area contributed by atoms with Gasteiger partial charge < -0.3 is 19.3 Å². The molecule has 2 aliphatic carbocycles. The Morgan fingerprint density at radius 2 is 2.00 bits per heavy atom. The Bertz CT molecular complexity index is 975. The molecule has 2 aliphatic heterocycles. The number of amides is 1. The second-order valence-corrected chi connectivity index (χ2v) is 11.2. The maximum atomic E-state index is 12.8. The maximum Gasteiger partial charge on any atom is 0.410 e. The fourth-order valence-electron chi connectivity index (χ4n) is 5.18. The zero-order valence-electron chi connectivity index (χ0n) is 20.4. The SMILES string of the molecule is CC(C)C1CN(c2nc(C3CC3)c3c(c2C#N)CC(C)(C)OC3)CCN1C(=O)OCC1CC1. The molecule has 7 heteroatoms. The van der Waals surface area contributed by atoms with E-state index in [0.717, 1.165) is 41.9 Å². The summed E-state index contributed by atoms with van der Waals surface area (Å²) in [5.74, 6) is 2.11. The van der Waals surface area contributed by atoms with Crippen LogP contribution in [0.3, 0.4) is 0 Å². The van der Waals surface area contributed by atoms with Gasteiger partial charge in [-0.05, 0) is 56.9 Å². The number of carbonyl (C=O) groups is 1. The number of rotatable bonds is 5. The molecule has 4 aliphatic rings. The van der Waals surface area contributed by atoms with Crippen LogP contribution in [0.4, 0.5) is 10.6 Å². The number of pyridine rings is 1. The molecule has 0 aromatic carbocycles. The van der Waals surface area contributed by atoms with E-state index >= 15 is 0 Å². The molecule has 3 heterocycles. The molecule has 0 radical (unpaired) electrons. The highest BCUT2D eigenvalue weighted by Crippen LogP contribution is 2.46. The summed E-state index contributed by atoms with van der Waals surface area (Å²) >= 11 is 0. The number of nitriles is 1. The third-order valence-corrected chi connectivity index (χ3v) is 7.57. The van der Waals surface area contributed by atoms with Crippen LogP contribution in [0.15, 0.2) is 0 Å². The molecule has 7 nitrogen and oxygen atoms in total. The molecule has 1 saturated heterocycles. The quantitative estimate of drug-likeness (QED) is 0.660. The van der Waals surface area contributed by atoms with E-state index in [4.69, 9.17) is 14.5 Å². The number of aromatic nitrogens is 1. The van der Waals surface area contributed by atoms with Crippen LogP contribution in [0.1, 0.15) is 81.7 Å². The van der Waals surface area contributed by atoms with Gasteiger partial charge >= 0.3 is 6.09 Å². The van der Waals surface area contributed by atoms with Crippen molar-refractivity contribution in [2.45, 2.75) is 84.0 Å². The van der Waals surface area contributed by atoms with Gasteiger partial charge in [-0.1, -0.05) is 13.8 Å². The summed E-state index contributed by atoms with van der Waals surface area (Å²) in [6.07, 6.45) is 5.17. The van der Waals surface area contributed by atoms with Gasteiger partial charge in [0, 0.05) is 37.5 Å². The van der Waals surface area contributed by atoms with E-state index in [1.807, 2.05) is 4.90 Å². The molecule has 0 bridgehead atoms. The van der Waals surface area contributed by atoms with Crippen molar-refractivity contribution in [1.29, 1.82) is 5.26 Å². The van der Waals surface area contributed by atoms with Gasteiger partial charge in [0.05, 0.1) is 36.1 Å². The number of ether oxygens (including phenoxy) is 2. The molecule has 2 saturated carbocycles.